The van der Waals surface area contributed by atoms with Crippen molar-refractivity contribution >= 4 is 31.4 Å². The van der Waals surface area contributed by atoms with Crippen molar-refractivity contribution in [2.24, 2.45) is 0 Å². The number of hydrogen-bond acceptors (Lipinski definition) is 8. The second kappa shape index (κ2) is 9.94. The molecule has 0 aliphatic heterocycles. The highest BCUT2D eigenvalue weighted by atomic mass is 32.3. The van der Waals surface area contributed by atoms with Crippen LogP contribution in [-0.4, -0.2) is 36.9 Å². The molecule has 0 bridgehead atoms. The van der Waals surface area contributed by atoms with Gasteiger partial charge in [0.25, 0.3) is 31.4 Å². The van der Waals surface area contributed by atoms with Gasteiger partial charge in [-0.1, -0.05) is 29.9 Å². The van der Waals surface area contributed by atoms with Crippen LogP contribution in [0.2, 0.25) is 0 Å². The van der Waals surface area contributed by atoms with Crippen molar-refractivity contribution in [3.8, 4) is 0 Å². The van der Waals surface area contributed by atoms with Gasteiger partial charge in [0.1, 0.15) is 0 Å². The number of hydrogen-bond donors (Lipinski definition) is 0. The highest BCUT2D eigenvalue weighted by Crippen LogP contribution is 2.27. The summed E-state index contributed by atoms with van der Waals surface area (Å²) >= 11 is 0. The molecule has 0 spiro atoms. The topological polar surface area (TPSA) is 158 Å². The fourth-order valence-electron chi connectivity index (χ4n) is 2.75. The molecule has 0 atom stereocenters. The van der Waals surface area contributed by atoms with E-state index >= 15 is 0 Å². The summed E-state index contributed by atoms with van der Waals surface area (Å²) in [6.07, 6.45) is 2.50. The fraction of sp³-hybridized carbons (Fsp3) is 0.333. The lowest BCUT2D eigenvalue weighted by atomic mass is 10.2. The summed E-state index contributed by atoms with van der Waals surface area (Å²) in [6, 6.07) is 7.77. The second-order valence-electron chi connectivity index (χ2n) is 6.57. The number of nitro benzene ring substituents is 2. The molecule has 0 radical (unpaired) electrons. The van der Waals surface area contributed by atoms with Gasteiger partial charge >= 0.3 is 0 Å². The standard InChI is InChI=1S/C18H21N3O8S2/c1-2-3-4-5-14-19(30(26,27)17-10-6-15(7-11-17)20(22)23)31(28,29)18-12-8-16(9-13-18)21(24)25/h6-13H,2-5,14H2,1H3. The molecule has 0 amide bonds. The molecule has 2 aromatic rings. The minimum absolute atomic E-state index is 0.270. The summed E-state index contributed by atoms with van der Waals surface area (Å²) in [5, 5.41) is 21.6. The summed E-state index contributed by atoms with van der Waals surface area (Å²) < 4.78 is 52.9. The first-order valence-electron chi connectivity index (χ1n) is 9.28. The van der Waals surface area contributed by atoms with Gasteiger partial charge in [-0.05, 0) is 30.7 Å². The molecule has 0 aliphatic rings. The summed E-state index contributed by atoms with van der Waals surface area (Å²) in [5.41, 5.74) is -0.682. The van der Waals surface area contributed by atoms with E-state index in [1.54, 1.807) is 0 Å². The molecule has 2 aromatic carbocycles. The Labute approximate surface area is 179 Å². The van der Waals surface area contributed by atoms with E-state index in [0.717, 1.165) is 61.4 Å². The van der Waals surface area contributed by atoms with E-state index in [1.165, 1.54) is 0 Å². The number of benzene rings is 2. The Morgan fingerprint density at radius 2 is 1.10 bits per heavy atom. The maximum atomic E-state index is 13.1. The average molecular weight is 472 g/mol. The Morgan fingerprint density at radius 3 is 1.42 bits per heavy atom. The van der Waals surface area contributed by atoms with Gasteiger partial charge in [-0.15, -0.1) is 0 Å². The number of unbranched alkanes of at least 4 members (excludes halogenated alkanes) is 3. The molecule has 2 rings (SSSR count). The van der Waals surface area contributed by atoms with Crippen molar-refractivity contribution in [2.75, 3.05) is 6.54 Å². The van der Waals surface area contributed by atoms with Crippen LogP contribution in [0.25, 0.3) is 0 Å². The van der Waals surface area contributed by atoms with E-state index in [0.29, 0.717) is 10.1 Å². The molecule has 0 saturated carbocycles. The summed E-state index contributed by atoms with van der Waals surface area (Å²) in [6.45, 7) is 1.61. The zero-order valence-electron chi connectivity index (χ0n) is 16.6. The van der Waals surface area contributed by atoms with Crippen molar-refractivity contribution in [3.63, 3.8) is 0 Å². The van der Waals surface area contributed by atoms with Crippen LogP contribution in [-0.2, 0) is 20.0 Å². The van der Waals surface area contributed by atoms with Crippen LogP contribution in [0.3, 0.4) is 0 Å². The lowest BCUT2D eigenvalue weighted by Crippen LogP contribution is -2.37. The van der Waals surface area contributed by atoms with Crippen molar-refractivity contribution in [1.29, 1.82) is 0 Å². The number of sulfonamides is 2. The quantitative estimate of drug-likeness (QED) is 0.274. The van der Waals surface area contributed by atoms with E-state index in [1.807, 2.05) is 6.92 Å². The Kier molecular flexibility index (Phi) is 7.81. The summed E-state index contributed by atoms with van der Waals surface area (Å²) in [7, 11) is -9.15. The highest BCUT2D eigenvalue weighted by Gasteiger charge is 2.36. The molecule has 0 saturated heterocycles. The van der Waals surface area contributed by atoms with E-state index in [9.17, 15) is 37.1 Å². The fourth-order valence-corrected chi connectivity index (χ4v) is 6.47. The van der Waals surface area contributed by atoms with Gasteiger partial charge in [0, 0.05) is 30.8 Å². The monoisotopic (exact) mass is 471 g/mol. The Bertz CT molecular complexity index is 1060. The molecule has 0 aliphatic carbocycles. The molecule has 31 heavy (non-hydrogen) atoms. The summed E-state index contributed by atoms with van der Waals surface area (Å²) in [5.74, 6) is 0. The van der Waals surface area contributed by atoms with Gasteiger partial charge in [0.05, 0.1) is 19.6 Å². The summed E-state index contributed by atoms with van der Waals surface area (Å²) in [4.78, 5) is 19.4. The van der Waals surface area contributed by atoms with Gasteiger partial charge in [0.2, 0.25) is 0 Å². The lowest BCUT2D eigenvalue weighted by Gasteiger charge is -2.22. The van der Waals surface area contributed by atoms with Crippen LogP contribution in [0.5, 0.6) is 0 Å². The molecular weight excluding hydrogens is 450 g/mol. The van der Waals surface area contributed by atoms with E-state index in [4.69, 9.17) is 0 Å². The van der Waals surface area contributed by atoms with Gasteiger partial charge in [0.15, 0.2) is 0 Å². The third kappa shape index (κ3) is 5.62. The Balaban J connectivity index is 2.49. The number of rotatable bonds is 11. The van der Waals surface area contributed by atoms with Crippen LogP contribution in [0, 0.1) is 20.2 Å². The van der Waals surface area contributed by atoms with Crippen LogP contribution in [0.1, 0.15) is 32.6 Å². The van der Waals surface area contributed by atoms with E-state index in [2.05, 4.69) is 0 Å². The largest absolute Gasteiger partial charge is 0.269 e. The van der Waals surface area contributed by atoms with Crippen molar-refractivity contribution in [3.05, 3.63) is 68.8 Å². The smallest absolute Gasteiger partial charge is 0.258 e. The molecule has 13 heteroatoms. The third-order valence-corrected chi connectivity index (χ3v) is 8.77. The van der Waals surface area contributed by atoms with Crippen molar-refractivity contribution in [2.45, 2.75) is 42.4 Å². The van der Waals surface area contributed by atoms with E-state index < -0.39 is 39.7 Å². The first kappa shape index (κ1) is 24.4. The van der Waals surface area contributed by atoms with Crippen LogP contribution >= 0.6 is 0 Å². The van der Waals surface area contributed by atoms with Crippen LogP contribution in [0.4, 0.5) is 11.4 Å². The highest BCUT2D eigenvalue weighted by molar-refractivity contribution is 8.04. The van der Waals surface area contributed by atoms with Crippen molar-refractivity contribution < 1.29 is 26.7 Å². The Hall–Kier alpha value is -2.90. The van der Waals surface area contributed by atoms with Gasteiger partial charge < -0.3 is 0 Å². The molecule has 0 N–H and O–H groups in total. The van der Waals surface area contributed by atoms with E-state index in [-0.39, 0.29) is 24.3 Å². The number of nitro groups is 2. The SMILES string of the molecule is CCCCCCN(S(=O)(=O)c1ccc([N+](=O)[O-])cc1)S(=O)(=O)c1ccc([N+](=O)[O-])cc1. The minimum atomic E-state index is -4.57. The zero-order chi connectivity index (χ0) is 23.2. The Morgan fingerprint density at radius 1 is 0.710 bits per heavy atom. The molecule has 0 aromatic heterocycles. The first-order chi connectivity index (χ1) is 14.5. The predicted molar refractivity (Wildman–Crippen MR) is 111 cm³/mol. The molecule has 0 unspecified atom stereocenters. The van der Waals surface area contributed by atoms with Crippen LogP contribution in [0.15, 0.2) is 58.3 Å². The average Bonchev–Trinajstić information content (AvgIpc) is 2.73. The third-order valence-electron chi connectivity index (χ3n) is 4.42. The van der Waals surface area contributed by atoms with Crippen LogP contribution < -0.4 is 0 Å². The normalized spacial score (nSPS) is 12.1. The zero-order valence-corrected chi connectivity index (χ0v) is 18.2. The van der Waals surface area contributed by atoms with Gasteiger partial charge in [-0.2, -0.15) is 0 Å². The molecule has 11 nitrogen and oxygen atoms in total. The van der Waals surface area contributed by atoms with Crippen molar-refractivity contribution in [1.82, 2.24) is 3.71 Å². The predicted octanol–water partition coefficient (Wildman–Crippen LogP) is 3.46. The first-order valence-corrected chi connectivity index (χ1v) is 12.2. The maximum absolute atomic E-state index is 13.1. The maximum Gasteiger partial charge on any atom is 0.269 e. The molecular formula is C18H21N3O8S2. The number of non-ortho nitro benzene ring substituents is 2. The molecule has 0 fully saturated rings. The minimum Gasteiger partial charge on any atom is -0.258 e. The molecule has 168 valence electrons. The second-order valence-corrected chi connectivity index (χ2v) is 10.5. The van der Waals surface area contributed by atoms with Gasteiger partial charge in [-0.3, -0.25) is 20.2 Å². The van der Waals surface area contributed by atoms with Gasteiger partial charge in [-0.25, -0.2) is 16.8 Å². The number of nitrogens with zero attached hydrogens (tertiary/aromatic N) is 3. The molecule has 0 heterocycles. The lowest BCUT2D eigenvalue weighted by molar-refractivity contribution is -0.385.